The van der Waals surface area contributed by atoms with Crippen LogP contribution in [0.5, 0.6) is 0 Å². The van der Waals surface area contributed by atoms with Crippen LogP contribution in [0.25, 0.3) is 0 Å². The second-order valence-corrected chi connectivity index (χ2v) is 4.59. The Morgan fingerprint density at radius 3 is 2.50 bits per heavy atom. The van der Waals surface area contributed by atoms with Crippen molar-refractivity contribution in [2.24, 2.45) is 0 Å². The molecule has 0 aromatic heterocycles. The molecule has 1 N–H and O–H groups in total. The van der Waals surface area contributed by atoms with Crippen LogP contribution in [-0.4, -0.2) is 60.9 Å². The van der Waals surface area contributed by atoms with Gasteiger partial charge >= 0.3 is 0 Å². The Morgan fingerprint density at radius 1 is 1.31 bits per heavy atom. The lowest BCUT2D eigenvalue weighted by Gasteiger charge is -2.36. The van der Waals surface area contributed by atoms with E-state index in [1.807, 2.05) is 14.1 Å². The normalized spacial score (nSPS) is 26.2. The molecule has 5 heteroatoms. The highest BCUT2D eigenvalue weighted by atomic mass is 16.2. The number of carbonyl (C=O) groups is 2. The Labute approximate surface area is 96.8 Å². The van der Waals surface area contributed by atoms with Crippen molar-refractivity contribution in [2.45, 2.75) is 32.4 Å². The summed E-state index contributed by atoms with van der Waals surface area (Å²) in [4.78, 5) is 27.1. The third-order valence-corrected chi connectivity index (χ3v) is 2.86. The summed E-state index contributed by atoms with van der Waals surface area (Å²) in [6.45, 7) is 5.07. The topological polar surface area (TPSA) is 52.7 Å². The zero-order valence-electron chi connectivity index (χ0n) is 10.5. The number of hydrogen-bond acceptors (Lipinski definition) is 3. The first-order chi connectivity index (χ1) is 7.43. The van der Waals surface area contributed by atoms with Crippen LogP contribution in [0.4, 0.5) is 0 Å². The number of rotatable bonds is 4. The number of carbonyl (C=O) groups excluding carboxylic acids is 2. The third kappa shape index (κ3) is 2.95. The van der Waals surface area contributed by atoms with E-state index in [2.05, 4.69) is 10.2 Å². The summed E-state index contributed by atoms with van der Waals surface area (Å²) < 4.78 is 0. The van der Waals surface area contributed by atoms with Crippen LogP contribution in [0.2, 0.25) is 0 Å². The molecule has 0 aromatic rings. The van der Waals surface area contributed by atoms with Gasteiger partial charge in [-0.3, -0.25) is 9.59 Å². The van der Waals surface area contributed by atoms with Gasteiger partial charge in [0, 0.05) is 6.54 Å². The van der Waals surface area contributed by atoms with Gasteiger partial charge in [0.2, 0.25) is 11.8 Å². The number of nitrogens with one attached hydrogen (secondary N) is 1. The number of amides is 2. The fourth-order valence-corrected chi connectivity index (χ4v) is 1.84. The van der Waals surface area contributed by atoms with Crippen LogP contribution in [0, 0.1) is 0 Å². The molecule has 0 bridgehead atoms. The number of hydrogen-bond donors (Lipinski definition) is 1. The maximum atomic E-state index is 11.9. The van der Waals surface area contributed by atoms with Crippen LogP contribution < -0.4 is 5.32 Å². The molecule has 5 nitrogen and oxygen atoms in total. The minimum Gasteiger partial charge on any atom is -0.343 e. The van der Waals surface area contributed by atoms with Gasteiger partial charge in [0.25, 0.3) is 0 Å². The SMILES string of the molecule is CC1NC(=O)C(C)N(CCCN(C)C)C1=O. The first-order valence-corrected chi connectivity index (χ1v) is 5.69. The fraction of sp³-hybridized carbons (Fsp3) is 0.818. The van der Waals surface area contributed by atoms with Gasteiger partial charge < -0.3 is 15.1 Å². The van der Waals surface area contributed by atoms with E-state index in [9.17, 15) is 9.59 Å². The zero-order valence-corrected chi connectivity index (χ0v) is 10.5. The average molecular weight is 227 g/mol. The van der Waals surface area contributed by atoms with Crippen molar-refractivity contribution in [1.82, 2.24) is 15.1 Å². The predicted molar refractivity (Wildman–Crippen MR) is 62.0 cm³/mol. The lowest BCUT2D eigenvalue weighted by Crippen LogP contribution is -2.61. The quantitative estimate of drug-likeness (QED) is 0.716. The molecule has 2 atom stereocenters. The van der Waals surface area contributed by atoms with Gasteiger partial charge in [-0.15, -0.1) is 0 Å². The number of piperazine rings is 1. The first-order valence-electron chi connectivity index (χ1n) is 5.69. The summed E-state index contributed by atoms with van der Waals surface area (Å²) in [6, 6.07) is -0.728. The van der Waals surface area contributed by atoms with Crippen LogP contribution in [-0.2, 0) is 9.59 Å². The van der Waals surface area contributed by atoms with Crippen molar-refractivity contribution >= 4 is 11.8 Å². The summed E-state index contributed by atoms with van der Waals surface area (Å²) in [5.74, 6) is -0.0391. The van der Waals surface area contributed by atoms with Crippen LogP contribution in [0.15, 0.2) is 0 Å². The van der Waals surface area contributed by atoms with Gasteiger partial charge in [-0.1, -0.05) is 0 Å². The molecule has 0 spiro atoms. The minimum absolute atomic E-state index is 0.0193. The predicted octanol–water partition coefficient (Wildman–Crippen LogP) is -0.326. The largest absolute Gasteiger partial charge is 0.343 e. The van der Waals surface area contributed by atoms with E-state index in [4.69, 9.17) is 0 Å². The van der Waals surface area contributed by atoms with E-state index in [0.717, 1.165) is 13.0 Å². The summed E-state index contributed by atoms with van der Waals surface area (Å²) in [6.07, 6.45) is 0.892. The average Bonchev–Trinajstić information content (AvgIpc) is 2.20. The molecule has 1 aliphatic rings. The van der Waals surface area contributed by atoms with E-state index in [1.54, 1.807) is 18.7 Å². The van der Waals surface area contributed by atoms with Crippen molar-refractivity contribution in [3.8, 4) is 0 Å². The second kappa shape index (κ2) is 5.30. The molecule has 16 heavy (non-hydrogen) atoms. The van der Waals surface area contributed by atoms with Crippen molar-refractivity contribution in [1.29, 1.82) is 0 Å². The summed E-state index contributed by atoms with van der Waals surface area (Å²) >= 11 is 0. The molecule has 92 valence electrons. The lowest BCUT2D eigenvalue weighted by molar-refractivity contribution is -0.148. The third-order valence-electron chi connectivity index (χ3n) is 2.86. The molecule has 0 radical (unpaired) electrons. The zero-order chi connectivity index (χ0) is 12.3. The summed E-state index contributed by atoms with van der Waals surface area (Å²) in [5, 5.41) is 2.67. The van der Waals surface area contributed by atoms with E-state index >= 15 is 0 Å². The summed E-state index contributed by atoms with van der Waals surface area (Å²) in [5.41, 5.74) is 0. The molecule has 1 rings (SSSR count). The molecule has 2 amide bonds. The van der Waals surface area contributed by atoms with Crippen LogP contribution >= 0.6 is 0 Å². The standard InChI is InChI=1S/C11H21N3O2/c1-8-11(16)14(7-5-6-13(3)4)9(2)10(15)12-8/h8-9H,5-7H2,1-4H3,(H,12,15). The Hall–Kier alpha value is -1.10. The van der Waals surface area contributed by atoms with Gasteiger partial charge in [-0.2, -0.15) is 0 Å². The van der Waals surface area contributed by atoms with Gasteiger partial charge in [0.1, 0.15) is 12.1 Å². The van der Waals surface area contributed by atoms with E-state index in [1.165, 1.54) is 0 Å². The van der Waals surface area contributed by atoms with Crippen molar-refractivity contribution < 1.29 is 9.59 Å². The van der Waals surface area contributed by atoms with E-state index in [0.29, 0.717) is 6.54 Å². The molecule has 0 saturated carbocycles. The van der Waals surface area contributed by atoms with Crippen molar-refractivity contribution in [3.63, 3.8) is 0 Å². The van der Waals surface area contributed by atoms with Crippen molar-refractivity contribution in [3.05, 3.63) is 0 Å². The minimum atomic E-state index is -0.386. The van der Waals surface area contributed by atoms with Gasteiger partial charge in [0.15, 0.2) is 0 Å². The maximum absolute atomic E-state index is 11.9. The molecule has 1 aliphatic heterocycles. The number of nitrogens with zero attached hydrogens (tertiary/aromatic N) is 2. The van der Waals surface area contributed by atoms with Crippen LogP contribution in [0.1, 0.15) is 20.3 Å². The lowest BCUT2D eigenvalue weighted by atomic mass is 10.1. The molecule has 1 heterocycles. The molecular formula is C11H21N3O2. The fourth-order valence-electron chi connectivity index (χ4n) is 1.84. The Kier molecular flexibility index (Phi) is 4.29. The van der Waals surface area contributed by atoms with Gasteiger partial charge in [0.05, 0.1) is 0 Å². The smallest absolute Gasteiger partial charge is 0.245 e. The Morgan fingerprint density at radius 2 is 1.94 bits per heavy atom. The molecule has 0 aromatic carbocycles. The van der Waals surface area contributed by atoms with E-state index < -0.39 is 0 Å². The highest BCUT2D eigenvalue weighted by molar-refractivity contribution is 5.96. The summed E-state index contributed by atoms with van der Waals surface area (Å²) in [7, 11) is 3.99. The highest BCUT2D eigenvalue weighted by Crippen LogP contribution is 2.10. The second-order valence-electron chi connectivity index (χ2n) is 4.59. The maximum Gasteiger partial charge on any atom is 0.245 e. The van der Waals surface area contributed by atoms with Crippen molar-refractivity contribution in [2.75, 3.05) is 27.2 Å². The van der Waals surface area contributed by atoms with Gasteiger partial charge in [-0.25, -0.2) is 0 Å². The molecule has 2 unspecified atom stereocenters. The Bertz CT molecular complexity index is 278. The van der Waals surface area contributed by atoms with E-state index in [-0.39, 0.29) is 23.9 Å². The molecular weight excluding hydrogens is 206 g/mol. The highest BCUT2D eigenvalue weighted by Gasteiger charge is 2.34. The molecule has 1 fully saturated rings. The van der Waals surface area contributed by atoms with Crippen LogP contribution in [0.3, 0.4) is 0 Å². The monoisotopic (exact) mass is 227 g/mol. The molecule has 0 aliphatic carbocycles. The molecule has 1 saturated heterocycles. The first kappa shape index (κ1) is 13.0. The Balaban J connectivity index is 2.54. The van der Waals surface area contributed by atoms with Gasteiger partial charge in [-0.05, 0) is 40.9 Å².